The summed E-state index contributed by atoms with van der Waals surface area (Å²) < 4.78 is 22.8. The van der Waals surface area contributed by atoms with Gasteiger partial charge < -0.3 is 10.2 Å². The van der Waals surface area contributed by atoms with E-state index in [9.17, 15) is 18.6 Å². The Balaban J connectivity index is 3.22. The van der Waals surface area contributed by atoms with Crippen LogP contribution in [0.2, 0.25) is 0 Å². The van der Waals surface area contributed by atoms with Crippen LogP contribution < -0.4 is 0 Å². The van der Waals surface area contributed by atoms with Crippen LogP contribution in [0.25, 0.3) is 0 Å². The zero-order valence-electron chi connectivity index (χ0n) is 7.69. The lowest BCUT2D eigenvalue weighted by Crippen LogP contribution is -2.18. The van der Waals surface area contributed by atoms with Crippen molar-refractivity contribution in [1.82, 2.24) is 0 Å². The largest absolute Gasteiger partial charge is 0.508 e. The highest BCUT2D eigenvalue weighted by Gasteiger charge is 2.30. The summed E-state index contributed by atoms with van der Waals surface area (Å²) in [5, 5.41) is 18.6. The zero-order valence-corrected chi connectivity index (χ0v) is 13.3. The molecule has 0 aliphatic heterocycles. The molecule has 0 saturated carbocycles. The number of aromatic hydroxyl groups is 2. The second kappa shape index (κ2) is 4.83. The van der Waals surface area contributed by atoms with E-state index in [-0.39, 0.29) is 16.4 Å². The molecule has 4 nitrogen and oxygen atoms in total. The van der Waals surface area contributed by atoms with E-state index in [1.807, 2.05) is 0 Å². The normalized spacial score (nSPS) is 12.7. The van der Waals surface area contributed by atoms with Gasteiger partial charge in [-0.2, -0.15) is 0 Å². The standard InChI is InChI=1S/C8H7Br3O4S/c9-8(10,11)4-16(14,15)7-3-5(12)1-2-6(7)13/h1-3,12-13H,4H2. The van der Waals surface area contributed by atoms with Gasteiger partial charge in [0.05, 0.1) is 5.75 Å². The lowest BCUT2D eigenvalue weighted by atomic mass is 10.3. The fourth-order valence-corrected chi connectivity index (χ4v) is 5.03. The molecular formula is C8H7Br3O4S. The van der Waals surface area contributed by atoms with Gasteiger partial charge in [0.1, 0.15) is 18.5 Å². The monoisotopic (exact) mass is 436 g/mol. The van der Waals surface area contributed by atoms with Crippen LogP contribution in [-0.4, -0.2) is 26.5 Å². The highest BCUT2D eigenvalue weighted by Crippen LogP contribution is 2.38. The molecule has 0 bridgehead atoms. The molecule has 2 N–H and O–H groups in total. The van der Waals surface area contributed by atoms with Gasteiger partial charge >= 0.3 is 0 Å². The first-order valence-corrected chi connectivity index (χ1v) is 7.96. The number of halogens is 3. The van der Waals surface area contributed by atoms with Crippen LogP contribution in [0.3, 0.4) is 0 Å². The molecule has 0 aliphatic rings. The third-order valence-electron chi connectivity index (χ3n) is 1.63. The number of sulfone groups is 1. The fraction of sp³-hybridized carbons (Fsp3) is 0.250. The molecule has 0 aromatic heterocycles. The van der Waals surface area contributed by atoms with E-state index < -0.39 is 17.7 Å². The Hall–Kier alpha value is 0.210. The quantitative estimate of drug-likeness (QED) is 0.550. The molecule has 0 spiro atoms. The Morgan fingerprint density at radius 2 is 1.75 bits per heavy atom. The molecule has 0 aliphatic carbocycles. The number of phenols is 2. The molecule has 0 radical (unpaired) electrons. The van der Waals surface area contributed by atoms with Crippen molar-refractivity contribution in [2.75, 3.05) is 5.75 Å². The molecule has 1 rings (SSSR count). The number of hydrogen-bond acceptors (Lipinski definition) is 4. The predicted octanol–water partition coefficient (Wildman–Crippen LogP) is 2.71. The lowest BCUT2D eigenvalue weighted by Gasteiger charge is -2.13. The average Bonchev–Trinajstić information content (AvgIpc) is 2.04. The van der Waals surface area contributed by atoms with Gasteiger partial charge in [-0.15, -0.1) is 0 Å². The van der Waals surface area contributed by atoms with Gasteiger partial charge in [0.15, 0.2) is 9.84 Å². The smallest absolute Gasteiger partial charge is 0.185 e. The first-order chi connectivity index (χ1) is 7.12. The van der Waals surface area contributed by atoms with E-state index in [1.54, 1.807) is 0 Å². The van der Waals surface area contributed by atoms with E-state index in [0.29, 0.717) is 0 Å². The summed E-state index contributed by atoms with van der Waals surface area (Å²) in [6.45, 7) is 0. The molecular weight excluding hydrogens is 432 g/mol. The zero-order chi connectivity index (χ0) is 12.6. The highest BCUT2D eigenvalue weighted by molar-refractivity contribution is 9.39. The predicted molar refractivity (Wildman–Crippen MR) is 71.3 cm³/mol. The fourth-order valence-electron chi connectivity index (χ4n) is 1.05. The summed E-state index contributed by atoms with van der Waals surface area (Å²) in [6.07, 6.45) is 0. The van der Waals surface area contributed by atoms with E-state index in [4.69, 9.17) is 0 Å². The number of alkyl halides is 3. The SMILES string of the molecule is O=S(=O)(CC(Br)(Br)Br)c1cc(O)ccc1O. The molecule has 1 aromatic carbocycles. The van der Waals surface area contributed by atoms with Crippen molar-refractivity contribution in [3.63, 3.8) is 0 Å². The maximum Gasteiger partial charge on any atom is 0.185 e. The Bertz CT molecular complexity index is 492. The number of benzene rings is 1. The van der Waals surface area contributed by atoms with Gasteiger partial charge in [0, 0.05) is 6.07 Å². The molecule has 0 heterocycles. The van der Waals surface area contributed by atoms with Crippen molar-refractivity contribution in [3.05, 3.63) is 18.2 Å². The van der Waals surface area contributed by atoms with E-state index in [0.717, 1.165) is 12.1 Å². The highest BCUT2D eigenvalue weighted by atomic mass is 80.0. The van der Waals surface area contributed by atoms with Crippen LogP contribution >= 0.6 is 47.8 Å². The van der Waals surface area contributed by atoms with Crippen LogP contribution in [0, 0.1) is 0 Å². The van der Waals surface area contributed by atoms with Gasteiger partial charge in [0.2, 0.25) is 0 Å². The number of rotatable bonds is 2. The van der Waals surface area contributed by atoms with Crippen molar-refractivity contribution >= 4 is 57.6 Å². The third kappa shape index (κ3) is 3.90. The van der Waals surface area contributed by atoms with E-state index in [1.165, 1.54) is 6.07 Å². The van der Waals surface area contributed by atoms with Crippen molar-refractivity contribution in [2.24, 2.45) is 0 Å². The van der Waals surface area contributed by atoms with Crippen LogP contribution in [0.4, 0.5) is 0 Å². The molecule has 0 amide bonds. The Labute approximate surface area is 118 Å². The third-order valence-corrected chi connectivity index (χ3v) is 5.40. The average molecular weight is 439 g/mol. The van der Waals surface area contributed by atoms with Crippen molar-refractivity contribution in [1.29, 1.82) is 0 Å². The van der Waals surface area contributed by atoms with E-state index >= 15 is 0 Å². The molecule has 90 valence electrons. The van der Waals surface area contributed by atoms with Crippen molar-refractivity contribution in [2.45, 2.75) is 7.04 Å². The molecule has 1 aromatic rings. The van der Waals surface area contributed by atoms with Crippen LogP contribution in [0.15, 0.2) is 23.1 Å². The van der Waals surface area contributed by atoms with Gasteiger partial charge in [-0.25, -0.2) is 8.42 Å². The van der Waals surface area contributed by atoms with Gasteiger partial charge in [0.25, 0.3) is 0 Å². The first-order valence-electron chi connectivity index (χ1n) is 3.93. The summed E-state index contributed by atoms with van der Waals surface area (Å²) >= 11 is 9.19. The Morgan fingerprint density at radius 3 is 2.25 bits per heavy atom. The van der Waals surface area contributed by atoms with Crippen LogP contribution in [-0.2, 0) is 9.84 Å². The molecule has 0 atom stereocenters. The molecule has 0 fully saturated rings. The number of phenolic OH excluding ortho intramolecular Hbond substituents is 2. The second-order valence-corrected chi connectivity index (χ2v) is 12.2. The lowest BCUT2D eigenvalue weighted by molar-refractivity contribution is 0.445. The van der Waals surface area contributed by atoms with E-state index in [2.05, 4.69) is 47.8 Å². The second-order valence-electron chi connectivity index (χ2n) is 3.03. The van der Waals surface area contributed by atoms with Crippen LogP contribution in [0.1, 0.15) is 0 Å². The van der Waals surface area contributed by atoms with Crippen molar-refractivity contribution < 1.29 is 18.6 Å². The van der Waals surface area contributed by atoms with Crippen LogP contribution in [0.5, 0.6) is 11.5 Å². The minimum atomic E-state index is -3.72. The first kappa shape index (κ1) is 14.3. The molecule has 0 saturated heterocycles. The van der Waals surface area contributed by atoms with Crippen molar-refractivity contribution in [3.8, 4) is 11.5 Å². The summed E-state index contributed by atoms with van der Waals surface area (Å²) in [6, 6.07) is 3.34. The molecule has 8 heteroatoms. The Morgan fingerprint density at radius 1 is 1.19 bits per heavy atom. The number of hydrogen-bond donors (Lipinski definition) is 2. The maximum atomic E-state index is 11.9. The minimum absolute atomic E-state index is 0.222. The summed E-state index contributed by atoms with van der Waals surface area (Å²) in [4.78, 5) is -0.310. The van der Waals surface area contributed by atoms with Gasteiger partial charge in [-0.05, 0) is 12.1 Å². The summed E-state index contributed by atoms with van der Waals surface area (Å²) in [5.74, 6) is -0.952. The van der Waals surface area contributed by atoms with Gasteiger partial charge in [-0.3, -0.25) is 0 Å². The minimum Gasteiger partial charge on any atom is -0.508 e. The topological polar surface area (TPSA) is 74.6 Å². The summed E-state index contributed by atoms with van der Waals surface area (Å²) in [5.41, 5.74) is 0. The molecule has 0 unspecified atom stereocenters. The maximum absolute atomic E-state index is 11.9. The van der Waals surface area contributed by atoms with Gasteiger partial charge in [-0.1, -0.05) is 47.8 Å². The molecule has 16 heavy (non-hydrogen) atoms. The Kier molecular flexibility index (Phi) is 4.31. The summed E-state index contributed by atoms with van der Waals surface area (Å²) in [7, 11) is -3.72.